The van der Waals surface area contributed by atoms with Gasteiger partial charge in [0.2, 0.25) is 5.15 Å². The van der Waals surface area contributed by atoms with Crippen LogP contribution in [0.4, 0.5) is 5.69 Å². The summed E-state index contributed by atoms with van der Waals surface area (Å²) in [5.74, 6) is 5.47. The molecular weight excluding hydrogens is 218 g/mol. The van der Waals surface area contributed by atoms with Crippen LogP contribution in [-0.2, 0) is 0 Å². The van der Waals surface area contributed by atoms with E-state index in [1.165, 1.54) is 12.3 Å². The lowest BCUT2D eigenvalue weighted by Gasteiger charge is -1.94. The third-order valence-electron chi connectivity index (χ3n) is 1.52. The van der Waals surface area contributed by atoms with Crippen molar-refractivity contribution in [2.24, 2.45) is 5.73 Å². The predicted molar refractivity (Wildman–Crippen MR) is 56.5 cm³/mol. The molecule has 0 bridgehead atoms. The Labute approximate surface area is 91.4 Å². The summed E-state index contributed by atoms with van der Waals surface area (Å²) >= 11 is 5.53. The molecule has 15 heavy (non-hydrogen) atoms. The van der Waals surface area contributed by atoms with Gasteiger partial charge in [0.15, 0.2) is 0 Å². The lowest BCUT2D eigenvalue weighted by Crippen LogP contribution is -1.95. The third-order valence-corrected chi connectivity index (χ3v) is 1.81. The van der Waals surface area contributed by atoms with E-state index in [0.29, 0.717) is 18.5 Å². The SMILES string of the molecule is NCCC#Cc1cnc(Cl)c([N+](=O)[O-])c1. The molecule has 0 saturated carbocycles. The van der Waals surface area contributed by atoms with Crippen LogP contribution in [0, 0.1) is 22.0 Å². The zero-order valence-corrected chi connectivity index (χ0v) is 8.49. The number of nitrogens with two attached hydrogens (primary N) is 1. The summed E-state index contributed by atoms with van der Waals surface area (Å²) in [6.07, 6.45) is 1.93. The lowest BCUT2D eigenvalue weighted by molar-refractivity contribution is -0.385. The van der Waals surface area contributed by atoms with Gasteiger partial charge in [0.1, 0.15) is 0 Å². The molecule has 0 saturated heterocycles. The number of hydrogen-bond donors (Lipinski definition) is 1. The first-order chi connectivity index (χ1) is 7.15. The van der Waals surface area contributed by atoms with E-state index in [0.717, 1.165) is 0 Å². The van der Waals surface area contributed by atoms with E-state index in [4.69, 9.17) is 17.3 Å². The Hall–Kier alpha value is -1.64. The molecule has 0 fully saturated rings. The predicted octanol–water partition coefficient (Wildman–Crippen LogP) is 1.34. The number of nitro groups is 1. The molecule has 0 radical (unpaired) electrons. The fourth-order valence-electron chi connectivity index (χ4n) is 0.870. The number of pyridine rings is 1. The smallest absolute Gasteiger partial charge is 0.307 e. The van der Waals surface area contributed by atoms with Crippen LogP contribution >= 0.6 is 11.6 Å². The number of nitrogens with zero attached hydrogens (tertiary/aromatic N) is 2. The molecule has 0 aliphatic heterocycles. The maximum absolute atomic E-state index is 10.5. The van der Waals surface area contributed by atoms with E-state index in [1.54, 1.807) is 0 Å². The van der Waals surface area contributed by atoms with E-state index >= 15 is 0 Å². The van der Waals surface area contributed by atoms with Crippen LogP contribution in [0.5, 0.6) is 0 Å². The van der Waals surface area contributed by atoms with Crippen LogP contribution in [0.3, 0.4) is 0 Å². The lowest BCUT2D eigenvalue weighted by atomic mass is 10.2. The van der Waals surface area contributed by atoms with E-state index in [-0.39, 0.29) is 10.8 Å². The molecule has 0 spiro atoms. The largest absolute Gasteiger partial charge is 0.330 e. The average molecular weight is 226 g/mol. The fourth-order valence-corrected chi connectivity index (χ4v) is 1.04. The molecule has 78 valence electrons. The maximum Gasteiger partial charge on any atom is 0.307 e. The van der Waals surface area contributed by atoms with Crippen LogP contribution in [-0.4, -0.2) is 16.5 Å². The Balaban J connectivity index is 2.99. The number of hydrogen-bond acceptors (Lipinski definition) is 4. The first-order valence-corrected chi connectivity index (χ1v) is 4.52. The topological polar surface area (TPSA) is 82.0 Å². The van der Waals surface area contributed by atoms with Gasteiger partial charge in [-0.15, -0.1) is 0 Å². The standard InChI is InChI=1S/C9H8ClN3O2/c10-9-8(13(14)15)5-7(6-12-9)3-1-2-4-11/h5-6H,2,4,11H2. The Kier molecular flexibility index (Phi) is 4.03. The summed E-state index contributed by atoms with van der Waals surface area (Å²) in [7, 11) is 0. The van der Waals surface area contributed by atoms with Gasteiger partial charge in [0.25, 0.3) is 0 Å². The minimum atomic E-state index is -0.594. The number of aromatic nitrogens is 1. The highest BCUT2D eigenvalue weighted by Gasteiger charge is 2.13. The molecule has 2 N–H and O–H groups in total. The van der Waals surface area contributed by atoms with Crippen molar-refractivity contribution in [1.82, 2.24) is 4.98 Å². The minimum Gasteiger partial charge on any atom is -0.330 e. The van der Waals surface area contributed by atoms with Crippen molar-refractivity contribution in [3.05, 3.63) is 33.1 Å². The first-order valence-electron chi connectivity index (χ1n) is 4.14. The normalized spacial score (nSPS) is 9.20. The molecule has 0 aliphatic rings. The van der Waals surface area contributed by atoms with Gasteiger partial charge in [-0.05, 0) is 0 Å². The molecule has 1 aromatic heterocycles. The average Bonchev–Trinajstić information content (AvgIpc) is 2.20. The molecule has 0 amide bonds. The highest BCUT2D eigenvalue weighted by Crippen LogP contribution is 2.21. The summed E-state index contributed by atoms with van der Waals surface area (Å²) in [5.41, 5.74) is 5.47. The van der Waals surface area contributed by atoms with Crippen LogP contribution in [0.15, 0.2) is 12.3 Å². The third kappa shape index (κ3) is 3.20. The van der Waals surface area contributed by atoms with Crippen molar-refractivity contribution >= 4 is 17.3 Å². The molecule has 0 aromatic carbocycles. The highest BCUT2D eigenvalue weighted by atomic mass is 35.5. The molecule has 0 atom stereocenters. The molecule has 0 unspecified atom stereocenters. The van der Waals surface area contributed by atoms with E-state index in [2.05, 4.69) is 16.8 Å². The molecule has 6 heteroatoms. The van der Waals surface area contributed by atoms with Crippen LogP contribution in [0.2, 0.25) is 5.15 Å². The monoisotopic (exact) mass is 225 g/mol. The fraction of sp³-hybridized carbons (Fsp3) is 0.222. The van der Waals surface area contributed by atoms with E-state index < -0.39 is 4.92 Å². The molecule has 1 aromatic rings. The second-order valence-corrected chi connectivity index (χ2v) is 2.99. The molecule has 5 nitrogen and oxygen atoms in total. The summed E-state index contributed by atoms with van der Waals surface area (Å²) in [6.45, 7) is 0.454. The molecule has 1 heterocycles. The van der Waals surface area contributed by atoms with Crippen molar-refractivity contribution in [3.8, 4) is 11.8 Å². The zero-order chi connectivity index (χ0) is 11.3. The Bertz CT molecular complexity index is 437. The van der Waals surface area contributed by atoms with Crippen LogP contribution < -0.4 is 5.73 Å². The van der Waals surface area contributed by atoms with Gasteiger partial charge >= 0.3 is 5.69 Å². The van der Waals surface area contributed by atoms with Gasteiger partial charge < -0.3 is 5.73 Å². The van der Waals surface area contributed by atoms with Crippen molar-refractivity contribution in [1.29, 1.82) is 0 Å². The maximum atomic E-state index is 10.5. The second-order valence-electron chi connectivity index (χ2n) is 2.63. The molecule has 1 rings (SSSR count). The molecular formula is C9H8ClN3O2. The van der Waals surface area contributed by atoms with Gasteiger partial charge in [-0.1, -0.05) is 23.4 Å². The van der Waals surface area contributed by atoms with Gasteiger partial charge in [-0.3, -0.25) is 10.1 Å². The number of halogens is 1. The first kappa shape index (κ1) is 11.4. The Morgan fingerprint density at radius 1 is 1.67 bits per heavy atom. The quantitative estimate of drug-likeness (QED) is 0.356. The van der Waals surface area contributed by atoms with Gasteiger partial charge in [0, 0.05) is 30.8 Å². The Morgan fingerprint density at radius 2 is 2.40 bits per heavy atom. The van der Waals surface area contributed by atoms with Crippen molar-refractivity contribution in [3.63, 3.8) is 0 Å². The summed E-state index contributed by atoms with van der Waals surface area (Å²) in [5, 5.41) is 10.4. The zero-order valence-electron chi connectivity index (χ0n) is 7.74. The van der Waals surface area contributed by atoms with Crippen molar-refractivity contribution < 1.29 is 4.92 Å². The van der Waals surface area contributed by atoms with Crippen LogP contribution in [0.1, 0.15) is 12.0 Å². The second kappa shape index (κ2) is 5.29. The van der Waals surface area contributed by atoms with Gasteiger partial charge in [0.05, 0.1) is 4.92 Å². The summed E-state index contributed by atoms with van der Waals surface area (Å²) in [4.78, 5) is 13.6. The van der Waals surface area contributed by atoms with E-state index in [9.17, 15) is 10.1 Å². The Morgan fingerprint density at radius 3 is 3.00 bits per heavy atom. The summed E-state index contributed by atoms with van der Waals surface area (Å²) < 4.78 is 0. The number of rotatable bonds is 2. The van der Waals surface area contributed by atoms with Gasteiger partial charge in [-0.2, -0.15) is 0 Å². The van der Waals surface area contributed by atoms with Crippen molar-refractivity contribution in [2.75, 3.05) is 6.54 Å². The van der Waals surface area contributed by atoms with Gasteiger partial charge in [-0.25, -0.2) is 4.98 Å². The minimum absolute atomic E-state index is 0.135. The van der Waals surface area contributed by atoms with E-state index in [1.807, 2.05) is 0 Å². The van der Waals surface area contributed by atoms with Crippen molar-refractivity contribution in [2.45, 2.75) is 6.42 Å². The highest BCUT2D eigenvalue weighted by molar-refractivity contribution is 6.31. The summed E-state index contributed by atoms with van der Waals surface area (Å²) in [6, 6.07) is 1.29. The van der Waals surface area contributed by atoms with Crippen LogP contribution in [0.25, 0.3) is 0 Å². The molecule has 0 aliphatic carbocycles.